The van der Waals surface area contributed by atoms with E-state index in [0.717, 1.165) is 5.56 Å². The summed E-state index contributed by atoms with van der Waals surface area (Å²) >= 11 is 5.77. The van der Waals surface area contributed by atoms with Gasteiger partial charge < -0.3 is 10.6 Å². The summed E-state index contributed by atoms with van der Waals surface area (Å²) in [5, 5.41) is 5.59. The van der Waals surface area contributed by atoms with Gasteiger partial charge in [-0.1, -0.05) is 23.7 Å². The topological polar surface area (TPSA) is 92.3 Å². The number of rotatable bonds is 4. The summed E-state index contributed by atoms with van der Waals surface area (Å²) in [6.07, 6.45) is 0.931. The standard InChI is InChI=1S/C14H17ClN2O4S/c15-11-3-1-10(2-4-11)5-7-16-13(18)14(19)17-12-6-8-22(20,21)9-12/h1-4,12H,5-9H2,(H,16,18)(H,17,19). The van der Waals surface area contributed by atoms with Crippen molar-refractivity contribution in [3.63, 3.8) is 0 Å². The van der Waals surface area contributed by atoms with E-state index in [1.165, 1.54) is 0 Å². The number of carbonyl (C=O) groups is 2. The van der Waals surface area contributed by atoms with Gasteiger partial charge in [-0.2, -0.15) is 0 Å². The Kier molecular flexibility index (Phi) is 5.42. The van der Waals surface area contributed by atoms with Crippen molar-refractivity contribution in [2.24, 2.45) is 0 Å². The molecule has 1 heterocycles. The van der Waals surface area contributed by atoms with Gasteiger partial charge in [-0.3, -0.25) is 9.59 Å². The van der Waals surface area contributed by atoms with Crippen LogP contribution in [0.5, 0.6) is 0 Å². The van der Waals surface area contributed by atoms with Crippen molar-refractivity contribution in [1.82, 2.24) is 10.6 Å². The molecule has 0 saturated carbocycles. The van der Waals surface area contributed by atoms with Gasteiger partial charge in [-0.25, -0.2) is 8.42 Å². The molecule has 1 aromatic rings. The van der Waals surface area contributed by atoms with Crippen molar-refractivity contribution in [1.29, 1.82) is 0 Å². The summed E-state index contributed by atoms with van der Waals surface area (Å²) in [4.78, 5) is 23.3. The van der Waals surface area contributed by atoms with E-state index in [-0.39, 0.29) is 11.5 Å². The molecule has 0 aromatic heterocycles. The molecule has 2 amide bonds. The van der Waals surface area contributed by atoms with Gasteiger partial charge in [-0.15, -0.1) is 0 Å². The number of nitrogens with one attached hydrogen (secondary N) is 2. The number of amides is 2. The van der Waals surface area contributed by atoms with E-state index in [1.807, 2.05) is 12.1 Å². The van der Waals surface area contributed by atoms with E-state index in [2.05, 4.69) is 10.6 Å². The maximum absolute atomic E-state index is 11.7. The normalized spacial score (nSPS) is 19.6. The molecule has 8 heteroatoms. The fourth-order valence-corrected chi connectivity index (χ4v) is 4.01. The van der Waals surface area contributed by atoms with Gasteiger partial charge in [-0.05, 0) is 30.5 Å². The van der Waals surface area contributed by atoms with Gasteiger partial charge >= 0.3 is 11.8 Å². The molecule has 1 fully saturated rings. The van der Waals surface area contributed by atoms with Gasteiger partial charge in [0.2, 0.25) is 0 Å². The Balaban J connectivity index is 1.72. The Bertz CT molecular complexity index is 658. The molecule has 120 valence electrons. The molecule has 1 saturated heterocycles. The van der Waals surface area contributed by atoms with Crippen molar-refractivity contribution in [3.8, 4) is 0 Å². The zero-order chi connectivity index (χ0) is 16.2. The number of hydrogen-bond donors (Lipinski definition) is 2. The Morgan fingerprint density at radius 1 is 1.18 bits per heavy atom. The van der Waals surface area contributed by atoms with Crippen LogP contribution in [-0.2, 0) is 25.8 Å². The average molecular weight is 345 g/mol. The number of hydrogen-bond acceptors (Lipinski definition) is 4. The lowest BCUT2D eigenvalue weighted by molar-refractivity contribution is -0.139. The zero-order valence-electron chi connectivity index (χ0n) is 11.8. The van der Waals surface area contributed by atoms with Crippen LogP contribution in [0, 0.1) is 0 Å². The van der Waals surface area contributed by atoms with Gasteiger partial charge in [0.25, 0.3) is 0 Å². The minimum atomic E-state index is -3.08. The minimum Gasteiger partial charge on any atom is -0.348 e. The van der Waals surface area contributed by atoms with Crippen LogP contribution in [-0.4, -0.2) is 44.3 Å². The molecule has 1 aliphatic rings. The lowest BCUT2D eigenvalue weighted by atomic mass is 10.1. The highest BCUT2D eigenvalue weighted by Crippen LogP contribution is 2.11. The van der Waals surface area contributed by atoms with Gasteiger partial charge in [0.1, 0.15) is 0 Å². The first kappa shape index (κ1) is 16.8. The molecule has 1 aliphatic heterocycles. The predicted molar refractivity (Wildman–Crippen MR) is 83.4 cm³/mol. The van der Waals surface area contributed by atoms with E-state index in [4.69, 9.17) is 11.6 Å². The molecule has 0 spiro atoms. The van der Waals surface area contributed by atoms with Gasteiger partial charge in [0.15, 0.2) is 9.84 Å². The lowest BCUT2D eigenvalue weighted by Gasteiger charge is -2.10. The molecule has 1 aromatic carbocycles. The second-order valence-corrected chi connectivity index (χ2v) is 7.87. The summed E-state index contributed by atoms with van der Waals surface area (Å²) in [5.41, 5.74) is 0.993. The van der Waals surface area contributed by atoms with Crippen LogP contribution in [0.3, 0.4) is 0 Å². The van der Waals surface area contributed by atoms with E-state index >= 15 is 0 Å². The van der Waals surface area contributed by atoms with Crippen molar-refractivity contribution < 1.29 is 18.0 Å². The van der Waals surface area contributed by atoms with E-state index < -0.39 is 27.7 Å². The largest absolute Gasteiger partial charge is 0.348 e. The van der Waals surface area contributed by atoms with Crippen LogP contribution < -0.4 is 10.6 Å². The predicted octanol–water partition coefficient (Wildman–Crippen LogP) is 0.302. The zero-order valence-corrected chi connectivity index (χ0v) is 13.4. The van der Waals surface area contributed by atoms with E-state index in [0.29, 0.717) is 24.4 Å². The summed E-state index contributed by atoms with van der Waals surface area (Å²) in [6.45, 7) is 0.316. The van der Waals surface area contributed by atoms with Crippen LogP contribution in [0.1, 0.15) is 12.0 Å². The molecule has 0 bridgehead atoms. The molecule has 0 aliphatic carbocycles. The smallest absolute Gasteiger partial charge is 0.309 e. The minimum absolute atomic E-state index is 0.0517. The van der Waals surface area contributed by atoms with Crippen LogP contribution >= 0.6 is 11.6 Å². The van der Waals surface area contributed by atoms with Gasteiger partial charge in [0.05, 0.1) is 11.5 Å². The summed E-state index contributed by atoms with van der Waals surface area (Å²) in [5.74, 6) is -1.59. The number of carbonyl (C=O) groups excluding carboxylic acids is 2. The van der Waals surface area contributed by atoms with E-state index in [9.17, 15) is 18.0 Å². The van der Waals surface area contributed by atoms with Crippen LogP contribution in [0.15, 0.2) is 24.3 Å². The molecule has 1 atom stereocenters. The van der Waals surface area contributed by atoms with Crippen molar-refractivity contribution in [2.45, 2.75) is 18.9 Å². The average Bonchev–Trinajstić information content (AvgIpc) is 2.80. The highest BCUT2D eigenvalue weighted by molar-refractivity contribution is 7.91. The summed E-state index contributed by atoms with van der Waals surface area (Å²) in [6, 6.07) is 6.73. The highest BCUT2D eigenvalue weighted by atomic mass is 35.5. The summed E-state index contributed by atoms with van der Waals surface area (Å²) < 4.78 is 22.6. The lowest BCUT2D eigenvalue weighted by Crippen LogP contribution is -2.45. The third kappa shape index (κ3) is 4.99. The van der Waals surface area contributed by atoms with Crippen LogP contribution in [0.25, 0.3) is 0 Å². The summed E-state index contributed by atoms with van der Waals surface area (Å²) in [7, 11) is -3.08. The second kappa shape index (κ2) is 7.11. The Hall–Kier alpha value is -1.60. The van der Waals surface area contributed by atoms with Crippen LogP contribution in [0.4, 0.5) is 0 Å². The maximum Gasteiger partial charge on any atom is 0.309 e. The third-order valence-electron chi connectivity index (χ3n) is 3.39. The Morgan fingerprint density at radius 2 is 1.86 bits per heavy atom. The Morgan fingerprint density at radius 3 is 2.45 bits per heavy atom. The third-order valence-corrected chi connectivity index (χ3v) is 5.41. The number of benzene rings is 1. The highest BCUT2D eigenvalue weighted by Gasteiger charge is 2.30. The first-order chi connectivity index (χ1) is 10.4. The number of sulfone groups is 1. The Labute approximate surface area is 134 Å². The number of halogens is 1. The first-order valence-corrected chi connectivity index (χ1v) is 9.09. The molecule has 6 nitrogen and oxygen atoms in total. The monoisotopic (exact) mass is 344 g/mol. The molecular formula is C14H17ClN2O4S. The SMILES string of the molecule is O=C(NCCc1ccc(Cl)cc1)C(=O)NC1CCS(=O)(=O)C1. The van der Waals surface area contributed by atoms with Crippen molar-refractivity contribution in [3.05, 3.63) is 34.9 Å². The fraction of sp³-hybridized carbons (Fsp3) is 0.429. The molecule has 1 unspecified atom stereocenters. The molecule has 22 heavy (non-hydrogen) atoms. The van der Waals surface area contributed by atoms with Crippen molar-refractivity contribution >= 4 is 33.3 Å². The van der Waals surface area contributed by atoms with E-state index in [1.54, 1.807) is 12.1 Å². The maximum atomic E-state index is 11.7. The quantitative estimate of drug-likeness (QED) is 0.768. The van der Waals surface area contributed by atoms with Gasteiger partial charge in [0, 0.05) is 17.6 Å². The molecule has 2 rings (SSSR count). The molecule has 2 N–H and O–H groups in total. The van der Waals surface area contributed by atoms with Crippen molar-refractivity contribution in [2.75, 3.05) is 18.1 Å². The second-order valence-electron chi connectivity index (χ2n) is 5.21. The molecular weight excluding hydrogens is 328 g/mol. The van der Waals surface area contributed by atoms with Crippen LogP contribution in [0.2, 0.25) is 5.02 Å². The fourth-order valence-electron chi connectivity index (χ4n) is 2.21. The molecule has 0 radical (unpaired) electrons. The first-order valence-electron chi connectivity index (χ1n) is 6.89.